The zero-order valence-corrected chi connectivity index (χ0v) is 11.5. The van der Waals surface area contributed by atoms with E-state index in [1.165, 1.54) is 11.1 Å². The van der Waals surface area contributed by atoms with E-state index in [4.69, 9.17) is 5.11 Å². The summed E-state index contributed by atoms with van der Waals surface area (Å²) in [5.41, 5.74) is 2.61. The van der Waals surface area contributed by atoms with E-state index in [9.17, 15) is 4.79 Å². The van der Waals surface area contributed by atoms with Gasteiger partial charge in [0, 0.05) is 12.5 Å². The van der Waals surface area contributed by atoms with Crippen LogP contribution < -0.4 is 0 Å². The number of nitrogens with zero attached hydrogens (tertiary/aromatic N) is 1. The monoisotopic (exact) mass is 249 g/mol. The number of likely N-dealkylation sites (N-methyl/N-ethyl adjacent to an activating group) is 1. The van der Waals surface area contributed by atoms with Crippen molar-refractivity contribution in [3.63, 3.8) is 0 Å². The molecule has 0 saturated carbocycles. The van der Waals surface area contributed by atoms with E-state index >= 15 is 0 Å². The molecule has 1 rings (SSSR count). The molecule has 0 spiro atoms. The Morgan fingerprint density at radius 2 is 1.94 bits per heavy atom. The fourth-order valence-electron chi connectivity index (χ4n) is 1.92. The first-order chi connectivity index (χ1) is 8.49. The first kappa shape index (κ1) is 14.7. The number of carboxylic acids is 1. The molecule has 1 N–H and O–H groups in total. The molecule has 1 aromatic rings. The van der Waals surface area contributed by atoms with Gasteiger partial charge in [0.15, 0.2) is 0 Å². The van der Waals surface area contributed by atoms with Gasteiger partial charge in [-0.1, -0.05) is 29.8 Å². The molecule has 0 aliphatic heterocycles. The van der Waals surface area contributed by atoms with Gasteiger partial charge in [-0.3, -0.25) is 4.79 Å². The average Bonchev–Trinajstić information content (AvgIpc) is 2.31. The van der Waals surface area contributed by atoms with E-state index in [-0.39, 0.29) is 6.42 Å². The first-order valence-electron chi connectivity index (χ1n) is 6.46. The number of hydrogen-bond donors (Lipinski definition) is 1. The van der Waals surface area contributed by atoms with Crippen LogP contribution >= 0.6 is 0 Å². The van der Waals surface area contributed by atoms with E-state index < -0.39 is 5.97 Å². The van der Waals surface area contributed by atoms with Gasteiger partial charge < -0.3 is 10.0 Å². The van der Waals surface area contributed by atoms with Crippen LogP contribution in [-0.4, -0.2) is 35.6 Å². The maximum absolute atomic E-state index is 10.5. The maximum Gasteiger partial charge on any atom is 0.303 e. The summed E-state index contributed by atoms with van der Waals surface area (Å²) in [4.78, 5) is 12.7. The molecule has 0 bridgehead atoms. The van der Waals surface area contributed by atoms with Gasteiger partial charge in [0.1, 0.15) is 0 Å². The van der Waals surface area contributed by atoms with Crippen LogP contribution in [0, 0.1) is 6.92 Å². The summed E-state index contributed by atoms with van der Waals surface area (Å²) in [6, 6.07) is 9.02. The number of aryl methyl sites for hydroxylation is 1. The molecule has 0 fully saturated rings. The van der Waals surface area contributed by atoms with Crippen LogP contribution in [0.3, 0.4) is 0 Å². The van der Waals surface area contributed by atoms with Gasteiger partial charge in [-0.2, -0.15) is 0 Å². The summed E-state index contributed by atoms with van der Waals surface area (Å²) < 4.78 is 0. The van der Waals surface area contributed by atoms with Gasteiger partial charge in [0.2, 0.25) is 0 Å². The highest BCUT2D eigenvalue weighted by Gasteiger charge is 2.10. The highest BCUT2D eigenvalue weighted by Crippen LogP contribution is 2.09. The van der Waals surface area contributed by atoms with Crippen LogP contribution in [0.4, 0.5) is 0 Å². The minimum absolute atomic E-state index is 0.252. The van der Waals surface area contributed by atoms with Crippen molar-refractivity contribution in [1.82, 2.24) is 4.90 Å². The molecule has 0 aromatic heterocycles. The van der Waals surface area contributed by atoms with Crippen molar-refractivity contribution in [1.29, 1.82) is 0 Å². The number of rotatable bonds is 7. The van der Waals surface area contributed by atoms with E-state index in [2.05, 4.69) is 50.1 Å². The molecule has 3 heteroatoms. The molecule has 1 atom stereocenters. The van der Waals surface area contributed by atoms with Gasteiger partial charge in [0.25, 0.3) is 0 Å². The smallest absolute Gasteiger partial charge is 0.303 e. The molecule has 100 valence electrons. The molecule has 3 nitrogen and oxygen atoms in total. The largest absolute Gasteiger partial charge is 0.481 e. The Labute approximate surface area is 109 Å². The molecular weight excluding hydrogens is 226 g/mol. The number of aliphatic carboxylic acids is 1. The fourth-order valence-corrected chi connectivity index (χ4v) is 1.92. The summed E-state index contributed by atoms with van der Waals surface area (Å²) >= 11 is 0. The van der Waals surface area contributed by atoms with Gasteiger partial charge in [-0.15, -0.1) is 0 Å². The second kappa shape index (κ2) is 7.17. The van der Waals surface area contributed by atoms with E-state index in [1.54, 1.807) is 0 Å². The van der Waals surface area contributed by atoms with Crippen molar-refractivity contribution in [2.45, 2.75) is 39.2 Å². The lowest BCUT2D eigenvalue weighted by Crippen LogP contribution is -2.32. The normalized spacial score (nSPS) is 12.7. The van der Waals surface area contributed by atoms with Crippen molar-refractivity contribution in [3.8, 4) is 0 Å². The summed E-state index contributed by atoms with van der Waals surface area (Å²) in [5, 5.41) is 8.61. The highest BCUT2D eigenvalue weighted by atomic mass is 16.4. The number of carbonyl (C=O) groups is 1. The summed E-state index contributed by atoms with van der Waals surface area (Å²) in [5.74, 6) is -0.713. The Balaban J connectivity index is 2.37. The lowest BCUT2D eigenvalue weighted by molar-refractivity contribution is -0.137. The lowest BCUT2D eigenvalue weighted by atomic mass is 10.0. The molecule has 0 unspecified atom stereocenters. The zero-order chi connectivity index (χ0) is 13.5. The molecular formula is C15H23NO2. The van der Waals surface area contributed by atoms with Gasteiger partial charge in [0.05, 0.1) is 0 Å². The third-order valence-electron chi connectivity index (χ3n) is 3.31. The zero-order valence-electron chi connectivity index (χ0n) is 11.5. The van der Waals surface area contributed by atoms with Crippen LogP contribution in [0.2, 0.25) is 0 Å². The Kier molecular flexibility index (Phi) is 5.86. The molecule has 1 aromatic carbocycles. The van der Waals surface area contributed by atoms with Crippen LogP contribution in [-0.2, 0) is 11.2 Å². The third kappa shape index (κ3) is 5.32. The molecule has 0 amide bonds. The standard InChI is InChI=1S/C15H23NO2/c1-12-6-8-14(9-7-12)11-13(2)16(3)10-4-5-15(17)18/h6-9,13H,4-5,10-11H2,1-3H3,(H,17,18)/t13-/m1/s1. The summed E-state index contributed by atoms with van der Waals surface area (Å²) in [6.07, 6.45) is 1.97. The Morgan fingerprint density at radius 3 is 2.50 bits per heavy atom. The Bertz CT molecular complexity index is 373. The molecule has 0 aliphatic rings. The van der Waals surface area contributed by atoms with Crippen LogP contribution in [0.25, 0.3) is 0 Å². The Hall–Kier alpha value is -1.35. The van der Waals surface area contributed by atoms with Crippen molar-refractivity contribution in [2.75, 3.05) is 13.6 Å². The number of benzene rings is 1. The highest BCUT2D eigenvalue weighted by molar-refractivity contribution is 5.66. The SMILES string of the molecule is Cc1ccc(C[C@@H](C)N(C)CCCC(=O)O)cc1. The van der Waals surface area contributed by atoms with Crippen molar-refractivity contribution >= 4 is 5.97 Å². The maximum atomic E-state index is 10.5. The van der Waals surface area contributed by atoms with E-state index in [1.807, 2.05) is 0 Å². The number of hydrogen-bond acceptors (Lipinski definition) is 2. The molecule has 0 heterocycles. The minimum Gasteiger partial charge on any atom is -0.481 e. The van der Waals surface area contributed by atoms with Crippen molar-refractivity contribution in [3.05, 3.63) is 35.4 Å². The van der Waals surface area contributed by atoms with E-state index in [0.717, 1.165) is 13.0 Å². The molecule has 18 heavy (non-hydrogen) atoms. The third-order valence-corrected chi connectivity index (χ3v) is 3.31. The topological polar surface area (TPSA) is 40.5 Å². The molecule has 0 saturated heterocycles. The quantitative estimate of drug-likeness (QED) is 0.807. The van der Waals surface area contributed by atoms with Gasteiger partial charge >= 0.3 is 5.97 Å². The summed E-state index contributed by atoms with van der Waals surface area (Å²) in [6.45, 7) is 5.10. The van der Waals surface area contributed by atoms with Gasteiger partial charge in [-0.25, -0.2) is 0 Å². The van der Waals surface area contributed by atoms with E-state index in [0.29, 0.717) is 12.5 Å². The predicted molar refractivity (Wildman–Crippen MR) is 73.8 cm³/mol. The fraction of sp³-hybridized carbons (Fsp3) is 0.533. The van der Waals surface area contributed by atoms with Gasteiger partial charge in [-0.05, 0) is 45.8 Å². The van der Waals surface area contributed by atoms with Crippen LogP contribution in [0.5, 0.6) is 0 Å². The lowest BCUT2D eigenvalue weighted by Gasteiger charge is -2.24. The van der Waals surface area contributed by atoms with Crippen molar-refractivity contribution < 1.29 is 9.90 Å². The second-order valence-electron chi connectivity index (χ2n) is 5.02. The average molecular weight is 249 g/mol. The van der Waals surface area contributed by atoms with Crippen LogP contribution in [0.1, 0.15) is 30.9 Å². The van der Waals surface area contributed by atoms with Crippen molar-refractivity contribution in [2.24, 2.45) is 0 Å². The summed E-state index contributed by atoms with van der Waals surface area (Å²) in [7, 11) is 2.06. The Morgan fingerprint density at radius 1 is 1.33 bits per heavy atom. The minimum atomic E-state index is -0.713. The number of carboxylic acid groups (broad SMARTS) is 1. The van der Waals surface area contributed by atoms with Crippen LogP contribution in [0.15, 0.2) is 24.3 Å². The second-order valence-corrected chi connectivity index (χ2v) is 5.02. The molecule has 0 aliphatic carbocycles. The molecule has 0 radical (unpaired) electrons. The first-order valence-corrected chi connectivity index (χ1v) is 6.46. The predicted octanol–water partition coefficient (Wildman–Crippen LogP) is 2.72.